The zero-order chi connectivity index (χ0) is 27.0. The molecular formula is H12CoN6O18S6W-4. The fraction of sp³-hybridized carbons (Fsp3) is 0. The Balaban J connectivity index is -0.0000000356. The van der Waals surface area contributed by atoms with Crippen molar-refractivity contribution in [2.75, 3.05) is 0 Å². The normalized spacial score (nSPS) is 10.9. The van der Waals surface area contributed by atoms with Crippen LogP contribution >= 0.6 is 0 Å². The van der Waals surface area contributed by atoms with Crippen LogP contribution in [0.5, 0.6) is 0 Å². The molecule has 0 aliphatic carbocycles. The van der Waals surface area contributed by atoms with E-state index in [1.165, 1.54) is 0 Å². The molecule has 0 saturated carbocycles. The Labute approximate surface area is 207 Å². The van der Waals surface area contributed by atoms with Gasteiger partial charge in [0.2, 0.25) is 0 Å². The minimum atomic E-state index is -4.42. The third-order valence-electron chi connectivity index (χ3n) is 0. The predicted octanol–water partition coefficient (Wildman–Crippen LogP) is -9.57. The molecule has 0 spiro atoms. The first-order valence-electron chi connectivity index (χ1n) is 4.41. The summed E-state index contributed by atoms with van der Waals surface area (Å²) in [4.78, 5) is 0. The van der Waals surface area contributed by atoms with Crippen LogP contribution in [-0.2, 0) is 99.7 Å². The van der Waals surface area contributed by atoms with Crippen molar-refractivity contribution in [3.05, 3.63) is 0 Å². The molecule has 0 bridgehead atoms. The Hall–Kier alpha value is 0.415. The van der Waals surface area contributed by atoms with E-state index in [-0.39, 0.29) is 37.8 Å². The molecule has 24 nitrogen and oxygen atoms in total. The number of hydrogen-bond donors (Lipinski definition) is 6. The molecule has 0 unspecified atom stereocenters. The Morgan fingerprint density at radius 2 is 0.312 bits per heavy atom. The Bertz CT molecular complexity index is 786. The minimum absolute atomic E-state index is 0. The van der Waals surface area contributed by atoms with Crippen molar-refractivity contribution in [2.45, 2.75) is 0 Å². The zero-order valence-corrected chi connectivity index (χ0v) is 22.9. The summed E-state index contributed by atoms with van der Waals surface area (Å²) in [6.07, 6.45) is 0. The van der Waals surface area contributed by atoms with Gasteiger partial charge in [-0.15, -0.1) is 0 Å². The van der Waals surface area contributed by atoms with Crippen LogP contribution in [0, 0.1) is 0 Å². The molecule has 12 N–H and O–H groups in total. The molecule has 0 amide bonds. The standard InChI is InChI=1S/Co.6H3NO3S.W/c;6*1-5(2,3)4;/h;6*(H3,1,2,3,4);/q+2;;;;;;;/p-6. The summed E-state index contributed by atoms with van der Waals surface area (Å²) in [6.45, 7) is 0. The van der Waals surface area contributed by atoms with Crippen LogP contribution in [0.2, 0.25) is 0 Å². The zero-order valence-electron chi connectivity index (χ0n) is 14.0. The van der Waals surface area contributed by atoms with Crippen molar-refractivity contribution in [1.29, 1.82) is 0 Å². The van der Waals surface area contributed by atoms with Gasteiger partial charge in [-0.2, -0.15) is 0 Å². The van der Waals surface area contributed by atoms with Crippen LogP contribution in [0.15, 0.2) is 0 Å². The maximum absolute atomic E-state index is 8.85. The molecule has 0 atom stereocenters. The molecule has 32 heteroatoms. The molecule has 0 aliphatic heterocycles. The molecule has 0 aromatic rings. The quantitative estimate of drug-likeness (QED) is 0.124. The van der Waals surface area contributed by atoms with E-state index in [4.69, 9.17) is 77.8 Å². The molecule has 0 aromatic carbocycles. The van der Waals surface area contributed by atoms with Crippen molar-refractivity contribution in [1.82, 2.24) is 0 Å². The maximum Gasteiger partial charge on any atom is 2.00 e. The van der Waals surface area contributed by atoms with Crippen LogP contribution in [0.3, 0.4) is 0 Å². The topological polar surface area (TPSA) is 499 Å². The Morgan fingerprint density at radius 3 is 0.312 bits per heavy atom. The second-order valence-corrected chi connectivity index (χ2v) is 8.87. The predicted molar refractivity (Wildman–Crippen MR) is 83.3 cm³/mol. The van der Waals surface area contributed by atoms with Crippen LogP contribution < -0.4 is 30.8 Å². The van der Waals surface area contributed by atoms with Gasteiger partial charge < -0.3 is 27.3 Å². The monoisotopic (exact) mass is 819 g/mol. The van der Waals surface area contributed by atoms with Gasteiger partial charge >= 0.3 is 16.8 Å². The smallest absolute Gasteiger partial charge is 0.736 e. The molecule has 0 aromatic heterocycles. The Kier molecular flexibility index (Phi) is 36.8. The molecule has 0 aliphatic rings. The summed E-state index contributed by atoms with van der Waals surface area (Å²) in [5, 5.41) is 22.6. The molecule has 0 fully saturated rings. The van der Waals surface area contributed by atoms with Gasteiger partial charge in [-0.05, 0) is 0 Å². The summed E-state index contributed by atoms with van der Waals surface area (Å²) >= 11 is 0. The third-order valence-corrected chi connectivity index (χ3v) is 0. The maximum atomic E-state index is 8.85. The molecule has 0 saturated heterocycles. The van der Waals surface area contributed by atoms with Crippen molar-refractivity contribution in [3.63, 3.8) is 0 Å². The largest absolute Gasteiger partial charge is 2.00 e. The van der Waals surface area contributed by atoms with Crippen molar-refractivity contribution in [3.8, 4) is 0 Å². The van der Waals surface area contributed by atoms with Crippen molar-refractivity contribution < 1.29 is 116 Å². The first-order valence-corrected chi connectivity index (χ1v) is 13.2. The van der Waals surface area contributed by atoms with E-state index in [1.54, 1.807) is 0 Å². The van der Waals surface area contributed by atoms with E-state index in [9.17, 15) is 0 Å². The average molecular weight is 819 g/mol. The summed E-state index contributed by atoms with van der Waals surface area (Å²) in [6, 6.07) is 0. The van der Waals surface area contributed by atoms with Crippen LogP contribution in [0.1, 0.15) is 0 Å². The minimum Gasteiger partial charge on any atom is -0.736 e. The molecule has 0 heterocycles. The van der Waals surface area contributed by atoms with E-state index in [2.05, 4.69) is 30.8 Å². The summed E-state index contributed by atoms with van der Waals surface area (Å²) in [7, 11) is -26.5. The molecular weight excluding hydrogens is 807 g/mol. The first kappa shape index (κ1) is 53.7. The van der Waals surface area contributed by atoms with Gasteiger partial charge in [-0.3, -0.25) is 0 Å². The van der Waals surface area contributed by atoms with E-state index in [0.717, 1.165) is 0 Å². The number of rotatable bonds is 0. The van der Waals surface area contributed by atoms with Crippen LogP contribution in [0.25, 0.3) is 0 Å². The molecule has 0 rings (SSSR count). The van der Waals surface area contributed by atoms with E-state index in [1.807, 2.05) is 0 Å². The van der Waals surface area contributed by atoms with E-state index < -0.39 is 61.8 Å². The van der Waals surface area contributed by atoms with Crippen LogP contribution in [0.4, 0.5) is 0 Å². The first-order chi connectivity index (χ1) is 12.0. The number of hydrogen-bond acceptors (Lipinski definition) is 18. The van der Waals surface area contributed by atoms with Gasteiger partial charge in [-0.1, -0.05) is 0 Å². The SMILES string of the molecule is NS(=O)(=O)[O-].NS(=O)(=O)[O-].NS(=O)(=O)[O-].NS(=O)(=O)[O-].NS(=O)(=O)[O-].NS(=O)(=O)[O-].[Co+2].[W]. The van der Waals surface area contributed by atoms with Gasteiger partial charge in [0.25, 0.3) is 0 Å². The van der Waals surface area contributed by atoms with Gasteiger partial charge in [-0.25, -0.2) is 81.3 Å². The summed E-state index contributed by atoms with van der Waals surface area (Å²) < 4.78 is 159. The second kappa shape index (κ2) is 21.9. The fourth-order valence-corrected chi connectivity index (χ4v) is 0. The second-order valence-electron chi connectivity index (χ2n) is 2.96. The van der Waals surface area contributed by atoms with E-state index in [0.29, 0.717) is 0 Å². The molecule has 32 heavy (non-hydrogen) atoms. The molecule has 205 valence electrons. The fourth-order valence-electron chi connectivity index (χ4n) is 0. The van der Waals surface area contributed by atoms with Gasteiger partial charge in [0.05, 0.1) is 0 Å². The van der Waals surface area contributed by atoms with Crippen LogP contribution in [-0.4, -0.2) is 77.8 Å². The summed E-state index contributed by atoms with van der Waals surface area (Å²) in [5.41, 5.74) is 0. The van der Waals surface area contributed by atoms with Gasteiger partial charge in [0.15, 0.2) is 61.8 Å². The van der Waals surface area contributed by atoms with E-state index >= 15 is 0 Å². The third kappa shape index (κ3) is 153000. The van der Waals surface area contributed by atoms with Gasteiger partial charge in [0.1, 0.15) is 0 Å². The summed E-state index contributed by atoms with van der Waals surface area (Å²) in [5.74, 6) is 0. The molecule has 1 radical (unpaired) electrons. The number of nitrogens with two attached hydrogens (primary N) is 6. The van der Waals surface area contributed by atoms with Gasteiger partial charge in [0, 0.05) is 21.1 Å². The average Bonchev–Trinajstić information content (AvgIpc) is 1.94. The van der Waals surface area contributed by atoms with Crippen molar-refractivity contribution >= 4 is 61.8 Å². The van der Waals surface area contributed by atoms with Crippen molar-refractivity contribution in [2.24, 2.45) is 30.8 Å². The Morgan fingerprint density at radius 1 is 0.312 bits per heavy atom.